The Morgan fingerprint density at radius 1 is 1.07 bits per heavy atom. The summed E-state index contributed by atoms with van der Waals surface area (Å²) in [4.78, 5) is 27.3. The molecule has 30 heavy (non-hydrogen) atoms. The summed E-state index contributed by atoms with van der Waals surface area (Å²) in [5, 5.41) is 2.93. The van der Waals surface area contributed by atoms with E-state index in [1.165, 1.54) is 23.9 Å². The molecule has 162 valence electrons. The molecule has 0 aliphatic heterocycles. The van der Waals surface area contributed by atoms with Crippen molar-refractivity contribution in [3.8, 4) is 0 Å². The number of halogens is 1. The number of nitrogens with zero attached hydrogens (tertiary/aromatic N) is 1. The summed E-state index contributed by atoms with van der Waals surface area (Å²) in [6.45, 7) is 8.82. The Labute approximate surface area is 183 Å². The third-order valence-corrected chi connectivity index (χ3v) is 5.85. The van der Waals surface area contributed by atoms with Gasteiger partial charge < -0.3 is 10.2 Å². The summed E-state index contributed by atoms with van der Waals surface area (Å²) in [7, 11) is 0. The molecule has 0 heterocycles. The number of rotatable bonds is 10. The fourth-order valence-corrected chi connectivity index (χ4v) is 3.80. The molecule has 0 bridgehead atoms. The number of hydrogen-bond acceptors (Lipinski definition) is 3. The molecular formula is C24H31FN2O2S. The largest absolute Gasteiger partial charge is 0.354 e. The van der Waals surface area contributed by atoms with Crippen LogP contribution in [-0.2, 0) is 21.9 Å². The van der Waals surface area contributed by atoms with Gasteiger partial charge in [-0.2, -0.15) is 0 Å². The van der Waals surface area contributed by atoms with Crippen LogP contribution in [0.4, 0.5) is 4.39 Å². The number of carbonyl (C=O) groups is 2. The first-order chi connectivity index (χ1) is 14.3. The van der Waals surface area contributed by atoms with Crippen molar-refractivity contribution < 1.29 is 14.0 Å². The highest BCUT2D eigenvalue weighted by Gasteiger charge is 2.26. The summed E-state index contributed by atoms with van der Waals surface area (Å²) in [5.41, 5.74) is 3.07. The van der Waals surface area contributed by atoms with E-state index in [0.29, 0.717) is 24.8 Å². The maximum Gasteiger partial charge on any atom is 0.242 e. The van der Waals surface area contributed by atoms with Gasteiger partial charge in [-0.1, -0.05) is 50.2 Å². The van der Waals surface area contributed by atoms with Crippen molar-refractivity contribution >= 4 is 23.6 Å². The monoisotopic (exact) mass is 430 g/mol. The Hall–Kier alpha value is -2.34. The van der Waals surface area contributed by atoms with Gasteiger partial charge in [-0.3, -0.25) is 9.59 Å². The highest BCUT2D eigenvalue weighted by Crippen LogP contribution is 2.18. The standard InChI is InChI=1S/C24H31FN2O2S/c1-17(2)13-26-24(29)19(4)27(14-21-8-6-5-7-18(21)3)23(28)16-30-15-20-9-11-22(25)12-10-20/h5-12,17,19H,13-16H2,1-4H3,(H,26,29). The summed E-state index contributed by atoms with van der Waals surface area (Å²) in [5.74, 6) is 0.702. The minimum Gasteiger partial charge on any atom is -0.354 e. The summed E-state index contributed by atoms with van der Waals surface area (Å²) < 4.78 is 13.1. The minimum atomic E-state index is -0.567. The summed E-state index contributed by atoms with van der Waals surface area (Å²) in [6, 6.07) is 13.6. The molecule has 0 aromatic heterocycles. The van der Waals surface area contributed by atoms with Gasteiger partial charge in [0.15, 0.2) is 0 Å². The van der Waals surface area contributed by atoms with Crippen molar-refractivity contribution in [2.24, 2.45) is 5.92 Å². The van der Waals surface area contributed by atoms with E-state index in [0.717, 1.165) is 16.7 Å². The molecule has 0 saturated carbocycles. The van der Waals surface area contributed by atoms with Crippen LogP contribution in [0.15, 0.2) is 48.5 Å². The van der Waals surface area contributed by atoms with Crippen LogP contribution in [0.1, 0.15) is 37.5 Å². The summed E-state index contributed by atoms with van der Waals surface area (Å²) >= 11 is 1.47. The zero-order valence-corrected chi connectivity index (χ0v) is 19.0. The molecule has 1 N–H and O–H groups in total. The van der Waals surface area contributed by atoms with Crippen LogP contribution in [-0.4, -0.2) is 35.1 Å². The predicted molar refractivity (Wildman–Crippen MR) is 122 cm³/mol. The van der Waals surface area contributed by atoms with E-state index in [2.05, 4.69) is 5.32 Å². The molecule has 0 fully saturated rings. The highest BCUT2D eigenvalue weighted by molar-refractivity contribution is 7.99. The lowest BCUT2D eigenvalue weighted by Crippen LogP contribution is -2.48. The van der Waals surface area contributed by atoms with Gasteiger partial charge in [0.25, 0.3) is 0 Å². The first kappa shape index (κ1) is 23.9. The van der Waals surface area contributed by atoms with Crippen LogP contribution < -0.4 is 5.32 Å². The Kier molecular flexibility index (Phi) is 9.37. The van der Waals surface area contributed by atoms with E-state index >= 15 is 0 Å². The van der Waals surface area contributed by atoms with Crippen molar-refractivity contribution in [3.05, 3.63) is 71.0 Å². The van der Waals surface area contributed by atoms with Crippen LogP contribution in [0, 0.1) is 18.7 Å². The second-order valence-electron chi connectivity index (χ2n) is 7.88. The molecule has 1 unspecified atom stereocenters. The topological polar surface area (TPSA) is 49.4 Å². The number of nitrogens with one attached hydrogen (secondary N) is 1. The van der Waals surface area contributed by atoms with Gasteiger partial charge >= 0.3 is 0 Å². The quantitative estimate of drug-likeness (QED) is 0.601. The van der Waals surface area contributed by atoms with Crippen LogP contribution in [0.25, 0.3) is 0 Å². The number of thioether (sulfide) groups is 1. The van der Waals surface area contributed by atoms with Crippen molar-refractivity contribution in [1.82, 2.24) is 10.2 Å². The number of benzene rings is 2. The molecule has 1 atom stereocenters. The SMILES string of the molecule is Cc1ccccc1CN(C(=O)CSCc1ccc(F)cc1)C(C)C(=O)NCC(C)C. The van der Waals surface area contributed by atoms with Gasteiger partial charge in [0.1, 0.15) is 11.9 Å². The van der Waals surface area contributed by atoms with Crippen molar-refractivity contribution in [2.75, 3.05) is 12.3 Å². The minimum absolute atomic E-state index is 0.0856. The molecule has 6 heteroatoms. The lowest BCUT2D eigenvalue weighted by molar-refractivity contribution is -0.138. The van der Waals surface area contributed by atoms with Gasteiger partial charge in [-0.05, 0) is 48.6 Å². The molecule has 2 aromatic carbocycles. The van der Waals surface area contributed by atoms with E-state index < -0.39 is 6.04 Å². The molecule has 2 aromatic rings. The van der Waals surface area contributed by atoms with E-state index in [9.17, 15) is 14.0 Å². The van der Waals surface area contributed by atoms with Gasteiger partial charge in [0.05, 0.1) is 5.75 Å². The molecule has 2 rings (SSSR count). The number of aryl methyl sites for hydroxylation is 1. The fraction of sp³-hybridized carbons (Fsp3) is 0.417. The maximum atomic E-state index is 13.1. The smallest absolute Gasteiger partial charge is 0.242 e. The van der Waals surface area contributed by atoms with Crippen molar-refractivity contribution in [2.45, 2.75) is 46.0 Å². The Balaban J connectivity index is 2.06. The van der Waals surface area contributed by atoms with E-state index in [-0.39, 0.29) is 23.4 Å². The van der Waals surface area contributed by atoms with E-state index in [4.69, 9.17) is 0 Å². The van der Waals surface area contributed by atoms with Gasteiger partial charge in [-0.15, -0.1) is 11.8 Å². The Morgan fingerprint density at radius 3 is 2.37 bits per heavy atom. The zero-order valence-electron chi connectivity index (χ0n) is 18.2. The molecule has 0 spiro atoms. The lowest BCUT2D eigenvalue weighted by Gasteiger charge is -2.29. The molecular weight excluding hydrogens is 399 g/mol. The second-order valence-corrected chi connectivity index (χ2v) is 8.87. The summed E-state index contributed by atoms with van der Waals surface area (Å²) in [6.07, 6.45) is 0. The van der Waals surface area contributed by atoms with Crippen molar-refractivity contribution in [3.63, 3.8) is 0 Å². The molecule has 0 aliphatic rings. The normalized spacial score (nSPS) is 11.9. The first-order valence-electron chi connectivity index (χ1n) is 10.2. The van der Waals surface area contributed by atoms with E-state index in [1.807, 2.05) is 45.0 Å². The van der Waals surface area contributed by atoms with Crippen LogP contribution in [0.5, 0.6) is 0 Å². The number of carbonyl (C=O) groups excluding carboxylic acids is 2. The van der Waals surface area contributed by atoms with Gasteiger partial charge in [-0.25, -0.2) is 4.39 Å². The average molecular weight is 431 g/mol. The first-order valence-corrected chi connectivity index (χ1v) is 11.4. The third kappa shape index (κ3) is 7.48. The lowest BCUT2D eigenvalue weighted by atomic mass is 10.1. The van der Waals surface area contributed by atoms with Gasteiger partial charge in [0.2, 0.25) is 11.8 Å². The highest BCUT2D eigenvalue weighted by atomic mass is 32.2. The zero-order chi connectivity index (χ0) is 22.1. The van der Waals surface area contributed by atoms with Crippen LogP contribution in [0.3, 0.4) is 0 Å². The molecule has 0 radical (unpaired) electrons. The van der Waals surface area contributed by atoms with E-state index in [1.54, 1.807) is 24.0 Å². The molecule has 2 amide bonds. The molecule has 0 aliphatic carbocycles. The Morgan fingerprint density at radius 2 is 1.73 bits per heavy atom. The maximum absolute atomic E-state index is 13.1. The molecule has 0 saturated heterocycles. The predicted octanol–water partition coefficient (Wildman–Crippen LogP) is 4.56. The number of hydrogen-bond donors (Lipinski definition) is 1. The van der Waals surface area contributed by atoms with Gasteiger partial charge in [0, 0.05) is 18.8 Å². The number of amides is 2. The fourth-order valence-electron chi connectivity index (χ4n) is 2.93. The van der Waals surface area contributed by atoms with Crippen LogP contribution >= 0.6 is 11.8 Å². The molecule has 4 nitrogen and oxygen atoms in total. The second kappa shape index (κ2) is 11.7. The van der Waals surface area contributed by atoms with Crippen molar-refractivity contribution in [1.29, 1.82) is 0 Å². The third-order valence-electron chi connectivity index (χ3n) is 4.86. The Bertz CT molecular complexity index is 839. The average Bonchev–Trinajstić information content (AvgIpc) is 2.72. The van der Waals surface area contributed by atoms with Crippen LogP contribution in [0.2, 0.25) is 0 Å².